The van der Waals surface area contributed by atoms with Crippen LogP contribution in [0.3, 0.4) is 0 Å². The number of ether oxygens (including phenoxy) is 15. The first-order valence-corrected chi connectivity index (χ1v) is 35.8. The zero-order chi connectivity index (χ0) is 80.5. The summed E-state index contributed by atoms with van der Waals surface area (Å²) in [5.74, 6) is -8.78. The number of unbranched alkanes of at least 4 members (excludes halogenated alkanes) is 2. The fourth-order valence-electron chi connectivity index (χ4n) is 10.4. The lowest BCUT2D eigenvalue weighted by molar-refractivity contribution is -0.277. The summed E-state index contributed by atoms with van der Waals surface area (Å²) in [6.45, 7) is 11.3. The highest BCUT2D eigenvalue weighted by atomic mass is 16.7. The molecular formula is C69H108N10O30. The summed E-state index contributed by atoms with van der Waals surface area (Å²) >= 11 is 0. The molecule has 2 fully saturated rings. The van der Waals surface area contributed by atoms with Gasteiger partial charge in [0.2, 0.25) is 41.4 Å². The molecule has 1 aromatic rings. The number of amides is 9. The van der Waals surface area contributed by atoms with Gasteiger partial charge in [0.05, 0.1) is 59.4 Å². The molecule has 11 N–H and O–H groups in total. The largest absolute Gasteiger partial charge is 0.492 e. The van der Waals surface area contributed by atoms with Crippen LogP contribution in [-0.2, 0) is 129 Å². The summed E-state index contributed by atoms with van der Waals surface area (Å²) in [5.41, 5.74) is 5.30. The Balaban J connectivity index is 1.49. The second-order valence-corrected chi connectivity index (χ2v) is 24.4. The number of esters is 6. The second kappa shape index (κ2) is 54.3. The maximum absolute atomic E-state index is 13.6. The van der Waals surface area contributed by atoms with E-state index in [0.29, 0.717) is 71.9 Å². The van der Waals surface area contributed by atoms with Crippen LogP contribution in [-0.4, -0.2) is 289 Å². The summed E-state index contributed by atoms with van der Waals surface area (Å²) in [5, 5.41) is 23.9. The number of nitrogens with two attached hydrogens (primary N) is 1. The van der Waals surface area contributed by atoms with Crippen molar-refractivity contribution in [1.82, 2.24) is 47.9 Å². The van der Waals surface area contributed by atoms with Crippen LogP contribution in [0.15, 0.2) is 18.2 Å². The Labute approximate surface area is 631 Å². The predicted molar refractivity (Wildman–Crippen MR) is 375 cm³/mol. The first-order valence-electron chi connectivity index (χ1n) is 35.8. The van der Waals surface area contributed by atoms with Gasteiger partial charge in [-0.2, -0.15) is 0 Å². The van der Waals surface area contributed by atoms with Crippen molar-refractivity contribution in [3.8, 4) is 5.75 Å². The quantitative estimate of drug-likeness (QED) is 0.0176. The number of rotatable bonds is 54. The Hall–Kier alpha value is -9.29. The molecule has 3 rings (SSSR count). The van der Waals surface area contributed by atoms with Crippen LogP contribution in [0.25, 0.3) is 0 Å². The van der Waals surface area contributed by atoms with Crippen LogP contribution in [0.2, 0.25) is 0 Å². The lowest BCUT2D eigenvalue weighted by atomic mass is 9.96. The Morgan fingerprint density at radius 3 is 1.07 bits per heavy atom. The summed E-state index contributed by atoms with van der Waals surface area (Å²) in [6.07, 6.45) is -9.05. The third kappa shape index (κ3) is 41.7. The third-order valence-corrected chi connectivity index (χ3v) is 15.1. The van der Waals surface area contributed by atoms with Crippen molar-refractivity contribution in [2.75, 3.05) is 138 Å². The SMILES string of the molecule is CC(=O)NC1C(OCCCCC(=O)NCCNC(=O)CCNC(=O)c2cc(OCCNC(=O)CCOCCOCCOCCOCCN)cc(C(=O)NCCC(=O)NCCNC(=O)CCCCOC3OC(COC(C)=O)C(OC(C)=O)C(OC(C)=O)C3NC(C)=O)c2)OC(COC(C)=O)C(OC(C)=O)C1OC(C)=O. The maximum atomic E-state index is 13.6. The van der Waals surface area contributed by atoms with E-state index in [1.807, 2.05) is 0 Å². The average molecular weight is 1560 g/mol. The molecule has 2 saturated heterocycles. The number of benzene rings is 1. The minimum atomic E-state index is -1.30. The third-order valence-electron chi connectivity index (χ3n) is 15.1. The van der Waals surface area contributed by atoms with E-state index in [2.05, 4.69) is 47.9 Å². The molecule has 2 heterocycles. The number of carbonyl (C=O) groups is 15. The molecule has 0 radical (unpaired) electrons. The molecule has 0 saturated carbocycles. The van der Waals surface area contributed by atoms with Crippen LogP contribution in [0.5, 0.6) is 5.75 Å². The van der Waals surface area contributed by atoms with Crippen molar-refractivity contribution < 1.29 is 143 Å². The smallest absolute Gasteiger partial charge is 0.303 e. The standard InChI is InChI=1S/C69H108N10O30/c1-42(80)78-60-64(106-48(7)86)62(104-46(5)84)53(40-102-44(3)82)108-68(60)100-26-11-9-13-55(88)71-21-23-73-57(90)15-19-76-66(93)50-37-51(39-52(38-50)99-30-25-75-59(92)17-28-95-31-33-97-35-36-98-34-32-96-29-18-70)67(94)77-20-16-58(91)74-24-22-72-56(89)14-10-12-27-101-69-61(79-43(2)81)65(107-49(8)87)63(105-47(6)85)54(109-69)41-103-45(4)83/h37-39,53-54,60-65,68-69H,9-36,40-41,70H2,1-8H3,(H,71,88)(H,72,89)(H,73,90)(H,74,91)(H,75,92)(H,76,93)(H,77,94)(H,78,80)(H,79,81). The van der Waals surface area contributed by atoms with E-state index < -0.39 is 146 Å². The molecule has 40 heteroatoms. The molecule has 109 heavy (non-hydrogen) atoms. The predicted octanol–water partition coefficient (Wildman–Crippen LogP) is -3.01. The van der Waals surface area contributed by atoms with Crippen LogP contribution in [0.1, 0.15) is 134 Å². The zero-order valence-electron chi connectivity index (χ0n) is 63.0. The van der Waals surface area contributed by atoms with Gasteiger partial charge in [0.15, 0.2) is 37.0 Å². The van der Waals surface area contributed by atoms with Gasteiger partial charge in [-0.25, -0.2) is 0 Å². The summed E-state index contributed by atoms with van der Waals surface area (Å²) < 4.78 is 83.2. The van der Waals surface area contributed by atoms with E-state index in [1.165, 1.54) is 32.0 Å². The van der Waals surface area contributed by atoms with Crippen molar-refractivity contribution in [2.24, 2.45) is 5.73 Å². The molecular weight excluding hydrogens is 1450 g/mol. The van der Waals surface area contributed by atoms with E-state index in [0.717, 1.165) is 41.5 Å². The van der Waals surface area contributed by atoms with Crippen LogP contribution >= 0.6 is 0 Å². The molecule has 1 aromatic carbocycles. The van der Waals surface area contributed by atoms with Crippen molar-refractivity contribution in [1.29, 1.82) is 0 Å². The van der Waals surface area contributed by atoms with Gasteiger partial charge < -0.3 is 125 Å². The molecule has 0 aliphatic carbocycles. The van der Waals surface area contributed by atoms with Gasteiger partial charge in [0, 0.05) is 158 Å². The molecule has 0 spiro atoms. The van der Waals surface area contributed by atoms with E-state index in [4.69, 9.17) is 76.8 Å². The minimum absolute atomic E-state index is 0.0137. The Bertz CT molecular complexity index is 2920. The minimum Gasteiger partial charge on any atom is -0.492 e. The van der Waals surface area contributed by atoms with Gasteiger partial charge in [-0.1, -0.05) is 0 Å². The fraction of sp³-hybridized carbons (Fsp3) is 0.696. The Morgan fingerprint density at radius 1 is 0.358 bits per heavy atom. The Morgan fingerprint density at radius 2 is 0.706 bits per heavy atom. The summed E-state index contributed by atoms with van der Waals surface area (Å²) in [7, 11) is 0. The summed E-state index contributed by atoms with van der Waals surface area (Å²) in [4.78, 5) is 187. The second-order valence-electron chi connectivity index (χ2n) is 24.4. The monoisotopic (exact) mass is 1560 g/mol. The normalized spacial score (nSPS) is 19.2. The first-order chi connectivity index (χ1) is 52.1. The summed E-state index contributed by atoms with van der Waals surface area (Å²) in [6, 6.07) is 1.66. The van der Waals surface area contributed by atoms with Gasteiger partial charge >= 0.3 is 35.8 Å². The van der Waals surface area contributed by atoms with Gasteiger partial charge in [0.25, 0.3) is 11.8 Å². The van der Waals surface area contributed by atoms with Gasteiger partial charge in [-0.3, -0.25) is 71.9 Å². The average Bonchev–Trinajstić information content (AvgIpc) is 0.792. The van der Waals surface area contributed by atoms with E-state index in [9.17, 15) is 71.9 Å². The fourth-order valence-corrected chi connectivity index (χ4v) is 10.4. The van der Waals surface area contributed by atoms with Crippen molar-refractivity contribution in [3.63, 3.8) is 0 Å². The van der Waals surface area contributed by atoms with Gasteiger partial charge in [0.1, 0.15) is 49.9 Å². The lowest BCUT2D eigenvalue weighted by Gasteiger charge is -2.44. The van der Waals surface area contributed by atoms with Crippen LogP contribution < -0.4 is 58.3 Å². The Kier molecular flexibility index (Phi) is 46.8. The van der Waals surface area contributed by atoms with Crippen molar-refractivity contribution >= 4 is 89.0 Å². The molecule has 40 nitrogen and oxygen atoms in total. The van der Waals surface area contributed by atoms with Crippen LogP contribution in [0.4, 0.5) is 0 Å². The molecule has 10 unspecified atom stereocenters. The number of hydrogen-bond donors (Lipinski definition) is 10. The van der Waals surface area contributed by atoms with Gasteiger partial charge in [-0.15, -0.1) is 0 Å². The zero-order valence-corrected chi connectivity index (χ0v) is 63.0. The van der Waals surface area contributed by atoms with Crippen LogP contribution in [0, 0.1) is 0 Å². The number of carbonyl (C=O) groups excluding carboxylic acids is 15. The van der Waals surface area contributed by atoms with Crippen molar-refractivity contribution in [2.45, 2.75) is 174 Å². The van der Waals surface area contributed by atoms with Crippen molar-refractivity contribution in [3.05, 3.63) is 29.3 Å². The molecule has 0 aromatic heterocycles. The number of nitrogens with one attached hydrogen (secondary N) is 9. The van der Waals surface area contributed by atoms with E-state index in [-0.39, 0.29) is 146 Å². The highest BCUT2D eigenvalue weighted by molar-refractivity contribution is 6.00. The lowest BCUT2D eigenvalue weighted by Crippen LogP contribution is -2.66. The highest BCUT2D eigenvalue weighted by Gasteiger charge is 2.53. The molecule has 2 aliphatic heterocycles. The molecule has 9 amide bonds. The molecule has 10 atom stereocenters. The molecule has 614 valence electrons. The van der Waals surface area contributed by atoms with E-state index >= 15 is 0 Å². The topological polar surface area (TPSA) is 529 Å². The maximum Gasteiger partial charge on any atom is 0.303 e. The first kappa shape index (κ1) is 93.9. The van der Waals surface area contributed by atoms with E-state index in [1.54, 1.807) is 0 Å². The molecule has 0 bridgehead atoms. The molecule has 2 aliphatic rings. The highest BCUT2D eigenvalue weighted by Crippen LogP contribution is 2.30. The number of hydrogen-bond acceptors (Lipinski definition) is 31. The van der Waals surface area contributed by atoms with Gasteiger partial charge in [-0.05, 0) is 43.9 Å².